The summed E-state index contributed by atoms with van der Waals surface area (Å²) in [5.41, 5.74) is 0.921. The number of ether oxygens (including phenoxy) is 4. The molecule has 0 unspecified atom stereocenters. The van der Waals surface area contributed by atoms with E-state index in [-0.39, 0.29) is 50.7 Å². The molecule has 2 fully saturated rings. The minimum Gasteiger partial charge on any atom is -0.495 e. The number of sulfonamides is 1. The van der Waals surface area contributed by atoms with Crippen LogP contribution in [0, 0.1) is 5.92 Å². The van der Waals surface area contributed by atoms with Crippen molar-refractivity contribution in [2.24, 2.45) is 5.92 Å². The van der Waals surface area contributed by atoms with E-state index < -0.39 is 28.7 Å². The van der Waals surface area contributed by atoms with E-state index in [4.69, 9.17) is 37.4 Å². The Morgan fingerprint density at radius 3 is 2.37 bits per heavy atom. The number of pyridine rings is 1. The molecule has 1 atom stereocenters. The number of carbonyl (C=O) groups excluding carboxylic acids is 1. The number of benzene rings is 2. The molecule has 2 aliphatic rings. The fraction of sp³-hybridized carbons (Fsp3) is 0.455. The highest BCUT2D eigenvalue weighted by Crippen LogP contribution is 2.38. The maximum atomic E-state index is 13.7. The number of nitrogens with one attached hydrogen (secondary N) is 1. The van der Waals surface area contributed by atoms with E-state index in [2.05, 4.69) is 24.2 Å². The Morgan fingerprint density at radius 1 is 1.02 bits per heavy atom. The summed E-state index contributed by atoms with van der Waals surface area (Å²) >= 11 is 12.8. The Kier molecular flexibility index (Phi) is 12.4. The Hall–Kier alpha value is -3.43. The molecule has 2 aromatic carbocycles. The van der Waals surface area contributed by atoms with Crippen LogP contribution in [0.25, 0.3) is 0 Å². The van der Waals surface area contributed by atoms with Gasteiger partial charge in [-0.1, -0.05) is 29.3 Å². The predicted octanol–water partition coefficient (Wildman–Crippen LogP) is 5.92. The largest absolute Gasteiger partial charge is 0.495 e. The van der Waals surface area contributed by atoms with E-state index in [1.807, 2.05) is 7.05 Å². The maximum absolute atomic E-state index is 13.7. The van der Waals surface area contributed by atoms with E-state index in [1.54, 1.807) is 0 Å². The lowest BCUT2D eigenvalue weighted by atomic mass is 10.0. The quantitative estimate of drug-likeness (QED) is 0.177. The van der Waals surface area contributed by atoms with Crippen molar-refractivity contribution < 1.29 is 40.9 Å². The number of carbonyl (C=O) groups is 1. The summed E-state index contributed by atoms with van der Waals surface area (Å²) in [7, 11) is -0.406. The molecule has 1 saturated carbocycles. The van der Waals surface area contributed by atoms with Gasteiger partial charge in [0.1, 0.15) is 11.9 Å². The number of halogens is 4. The average molecular weight is 744 g/mol. The first-order valence-electron chi connectivity index (χ1n) is 15.7. The van der Waals surface area contributed by atoms with E-state index >= 15 is 0 Å². The first-order chi connectivity index (χ1) is 23.4. The first kappa shape index (κ1) is 36.8. The third kappa shape index (κ3) is 10.5. The summed E-state index contributed by atoms with van der Waals surface area (Å²) in [4.78, 5) is 21.9. The number of aromatic nitrogens is 1. The molecule has 1 aliphatic heterocycles. The number of methoxy groups -OCH3 is 1. The highest BCUT2D eigenvalue weighted by Gasteiger charge is 2.27. The first-order valence-corrected chi connectivity index (χ1v) is 18.1. The number of nitrogens with zero attached hydrogens (tertiary/aromatic N) is 3. The molecule has 266 valence electrons. The lowest BCUT2D eigenvalue weighted by Gasteiger charge is -2.32. The fourth-order valence-electron chi connectivity index (χ4n) is 5.22. The molecular weight excluding hydrogens is 705 g/mol. The van der Waals surface area contributed by atoms with Crippen molar-refractivity contribution in [3.63, 3.8) is 0 Å². The van der Waals surface area contributed by atoms with Crippen LogP contribution in [-0.2, 0) is 21.2 Å². The molecule has 2 heterocycles. The van der Waals surface area contributed by atoms with Crippen LogP contribution in [0.5, 0.6) is 17.2 Å². The number of rotatable bonds is 16. The van der Waals surface area contributed by atoms with Gasteiger partial charge in [-0.2, -0.15) is 8.78 Å². The zero-order chi connectivity index (χ0) is 35.1. The third-order valence-corrected chi connectivity index (χ3v) is 10.2. The topological polar surface area (TPSA) is 120 Å². The zero-order valence-corrected chi connectivity index (χ0v) is 29.4. The Bertz CT molecular complexity index is 1700. The number of piperazine rings is 1. The van der Waals surface area contributed by atoms with Gasteiger partial charge < -0.3 is 23.8 Å². The predicted molar refractivity (Wildman–Crippen MR) is 182 cm³/mol. The monoisotopic (exact) mass is 742 g/mol. The van der Waals surface area contributed by atoms with E-state index in [0.29, 0.717) is 30.2 Å². The molecule has 0 bridgehead atoms. The molecule has 1 saturated heterocycles. The summed E-state index contributed by atoms with van der Waals surface area (Å²) in [5, 5.41) is 0.461. The Balaban J connectivity index is 1.39. The Labute approximate surface area is 294 Å². The van der Waals surface area contributed by atoms with Crippen molar-refractivity contribution in [1.29, 1.82) is 0 Å². The molecule has 3 aromatic rings. The average Bonchev–Trinajstić information content (AvgIpc) is 3.89. The second-order valence-corrected chi connectivity index (χ2v) is 14.7. The van der Waals surface area contributed by atoms with Crippen LogP contribution in [0.4, 0.5) is 14.5 Å². The van der Waals surface area contributed by atoms with Crippen LogP contribution >= 0.6 is 23.2 Å². The molecule has 11 nitrogen and oxygen atoms in total. The SMILES string of the molecule is COc1ccc(C(=O)O[C@@H](Cc2c(Cl)cncc2Cl)c2ccc(OC(F)F)c(OCC3CC3)c2)cc1NS(=O)(=O)CCN1CCN(C)CC1. The summed E-state index contributed by atoms with van der Waals surface area (Å²) in [6, 6.07) is 8.52. The molecule has 1 aromatic heterocycles. The van der Waals surface area contributed by atoms with E-state index in [0.717, 1.165) is 39.0 Å². The van der Waals surface area contributed by atoms with Crippen LogP contribution in [0.2, 0.25) is 10.0 Å². The number of alkyl halides is 2. The number of esters is 1. The third-order valence-electron chi connectivity index (χ3n) is 8.29. The van der Waals surface area contributed by atoms with Gasteiger partial charge >= 0.3 is 12.6 Å². The van der Waals surface area contributed by atoms with E-state index in [1.165, 1.54) is 55.9 Å². The van der Waals surface area contributed by atoms with E-state index in [9.17, 15) is 22.0 Å². The summed E-state index contributed by atoms with van der Waals surface area (Å²) in [6.07, 6.45) is 3.69. The second kappa shape index (κ2) is 16.5. The molecule has 5 rings (SSSR count). The Morgan fingerprint density at radius 2 is 1.71 bits per heavy atom. The molecule has 49 heavy (non-hydrogen) atoms. The molecule has 1 N–H and O–H groups in total. The van der Waals surface area contributed by atoms with Crippen molar-refractivity contribution in [2.45, 2.75) is 32.0 Å². The summed E-state index contributed by atoms with van der Waals surface area (Å²) in [6.45, 7) is 0.833. The van der Waals surface area contributed by atoms with Gasteiger partial charge in [-0.05, 0) is 67.3 Å². The molecule has 0 radical (unpaired) electrons. The van der Waals surface area contributed by atoms with Gasteiger partial charge in [-0.25, -0.2) is 13.2 Å². The number of hydrogen-bond acceptors (Lipinski definition) is 10. The zero-order valence-electron chi connectivity index (χ0n) is 27.0. The maximum Gasteiger partial charge on any atom is 0.387 e. The second-order valence-electron chi connectivity index (χ2n) is 12.0. The van der Waals surface area contributed by atoms with Gasteiger partial charge in [0.2, 0.25) is 10.0 Å². The van der Waals surface area contributed by atoms with Crippen LogP contribution < -0.4 is 18.9 Å². The molecular formula is C33H38Cl2F2N4O7S. The van der Waals surface area contributed by atoms with Crippen molar-refractivity contribution >= 4 is 44.9 Å². The summed E-state index contributed by atoms with van der Waals surface area (Å²) in [5.74, 6) is -0.529. The van der Waals surface area contributed by atoms with Gasteiger partial charge in [-0.3, -0.25) is 14.6 Å². The van der Waals surface area contributed by atoms with Crippen LogP contribution in [0.1, 0.15) is 40.4 Å². The smallest absolute Gasteiger partial charge is 0.387 e. The van der Waals surface area contributed by atoms with Crippen LogP contribution in [0.15, 0.2) is 48.8 Å². The van der Waals surface area contributed by atoms with Crippen molar-refractivity contribution in [3.8, 4) is 17.2 Å². The van der Waals surface area contributed by atoms with Crippen molar-refractivity contribution in [3.05, 3.63) is 75.5 Å². The lowest BCUT2D eigenvalue weighted by molar-refractivity contribution is -0.0515. The van der Waals surface area contributed by atoms with Gasteiger partial charge in [0, 0.05) is 51.5 Å². The van der Waals surface area contributed by atoms with Crippen molar-refractivity contribution in [1.82, 2.24) is 14.8 Å². The molecule has 0 spiro atoms. The highest BCUT2D eigenvalue weighted by molar-refractivity contribution is 7.92. The molecule has 16 heteroatoms. The van der Waals surface area contributed by atoms with Gasteiger partial charge in [-0.15, -0.1) is 0 Å². The molecule has 0 amide bonds. The minimum absolute atomic E-state index is 0.00895. The molecule has 1 aliphatic carbocycles. The number of anilines is 1. The van der Waals surface area contributed by atoms with Gasteiger partial charge in [0.05, 0.1) is 40.8 Å². The standard InChI is InChI=1S/C33H38Cl2F2N4O7S/c1-40-9-11-41(12-10-40)13-14-49(43,44)39-27-15-23(6-7-28(27)45-2)32(42)47-30(17-24-25(34)18-38-19-26(24)35)22-5-8-29(48-33(36)37)31(16-22)46-20-21-3-4-21/h5-8,15-16,18-19,21,30,33,39H,3-4,9-14,17,20H2,1-2H3/t30-/m0/s1. The number of hydrogen-bond donors (Lipinski definition) is 1. The normalized spacial score (nSPS) is 16.3. The van der Waals surface area contributed by atoms with Gasteiger partial charge in [0.25, 0.3) is 0 Å². The fourth-order valence-corrected chi connectivity index (χ4v) is 6.83. The lowest BCUT2D eigenvalue weighted by Crippen LogP contribution is -2.46. The van der Waals surface area contributed by atoms with Crippen LogP contribution in [-0.4, -0.2) is 95.0 Å². The van der Waals surface area contributed by atoms with Gasteiger partial charge in [0.15, 0.2) is 11.5 Å². The minimum atomic E-state index is -3.82. The summed E-state index contributed by atoms with van der Waals surface area (Å²) < 4.78 is 77.0. The highest BCUT2D eigenvalue weighted by atomic mass is 35.5. The van der Waals surface area contributed by atoms with Crippen molar-refractivity contribution in [2.75, 3.05) is 64.0 Å². The number of likely N-dealkylation sites (N-methyl/N-ethyl adjacent to an activating group) is 1. The van der Waals surface area contributed by atoms with Crippen LogP contribution in [0.3, 0.4) is 0 Å².